The number of aromatic carboxylic acids is 1. The van der Waals surface area contributed by atoms with Gasteiger partial charge in [-0.2, -0.15) is 0 Å². The van der Waals surface area contributed by atoms with Crippen LogP contribution in [0.3, 0.4) is 0 Å². The van der Waals surface area contributed by atoms with Crippen LogP contribution in [0.1, 0.15) is 10.4 Å². The van der Waals surface area contributed by atoms with Gasteiger partial charge in [0, 0.05) is 18.9 Å². The molecular formula is C10H12N2O6S. The van der Waals surface area contributed by atoms with E-state index < -0.39 is 26.4 Å². The summed E-state index contributed by atoms with van der Waals surface area (Å²) in [4.78, 5) is 21.1. The lowest BCUT2D eigenvalue weighted by Crippen LogP contribution is -2.16. The number of nitro benzene ring substituents is 1. The summed E-state index contributed by atoms with van der Waals surface area (Å²) in [6.45, 7) is -0.107. The number of hydrogen-bond donors (Lipinski definition) is 2. The molecule has 0 saturated carbocycles. The van der Waals surface area contributed by atoms with Gasteiger partial charge >= 0.3 is 5.97 Å². The third-order valence-corrected chi connectivity index (χ3v) is 3.19. The highest BCUT2D eigenvalue weighted by Gasteiger charge is 2.21. The molecule has 1 aromatic rings. The lowest BCUT2D eigenvalue weighted by molar-refractivity contribution is -0.384. The van der Waals surface area contributed by atoms with Crippen molar-refractivity contribution in [1.29, 1.82) is 0 Å². The van der Waals surface area contributed by atoms with E-state index in [4.69, 9.17) is 5.11 Å². The second-order valence-corrected chi connectivity index (χ2v) is 6.08. The fourth-order valence-electron chi connectivity index (χ4n) is 1.42. The van der Waals surface area contributed by atoms with Crippen molar-refractivity contribution >= 4 is 27.2 Å². The van der Waals surface area contributed by atoms with E-state index in [1.54, 1.807) is 0 Å². The molecule has 9 heteroatoms. The summed E-state index contributed by atoms with van der Waals surface area (Å²) in [5.74, 6) is -1.58. The Kier molecular flexibility index (Phi) is 4.43. The van der Waals surface area contributed by atoms with Gasteiger partial charge in [-0.25, -0.2) is 13.2 Å². The molecule has 0 spiro atoms. The summed E-state index contributed by atoms with van der Waals surface area (Å²) in [7, 11) is -3.24. The molecule has 8 nitrogen and oxygen atoms in total. The molecule has 0 radical (unpaired) electrons. The van der Waals surface area contributed by atoms with Crippen LogP contribution in [0, 0.1) is 10.1 Å². The number of rotatable bonds is 6. The van der Waals surface area contributed by atoms with Crippen molar-refractivity contribution in [2.24, 2.45) is 0 Å². The Morgan fingerprint density at radius 3 is 2.58 bits per heavy atom. The Morgan fingerprint density at radius 1 is 1.47 bits per heavy atom. The maximum absolute atomic E-state index is 11.0. The molecule has 0 aliphatic rings. The second-order valence-electron chi connectivity index (χ2n) is 3.82. The molecule has 0 unspecified atom stereocenters. The van der Waals surface area contributed by atoms with Crippen LogP contribution in [-0.2, 0) is 9.84 Å². The largest absolute Gasteiger partial charge is 0.478 e. The maximum atomic E-state index is 11.0. The van der Waals surface area contributed by atoms with E-state index in [9.17, 15) is 23.3 Å². The number of benzene rings is 1. The van der Waals surface area contributed by atoms with Crippen molar-refractivity contribution in [3.05, 3.63) is 33.9 Å². The summed E-state index contributed by atoms with van der Waals surface area (Å²) in [5.41, 5.74) is -0.875. The zero-order chi connectivity index (χ0) is 14.6. The number of para-hydroxylation sites is 1. The van der Waals surface area contributed by atoms with E-state index in [0.717, 1.165) is 12.3 Å². The number of nitrogens with one attached hydrogen (secondary N) is 1. The lowest BCUT2D eigenvalue weighted by atomic mass is 10.1. The van der Waals surface area contributed by atoms with Crippen molar-refractivity contribution in [2.75, 3.05) is 23.9 Å². The zero-order valence-corrected chi connectivity index (χ0v) is 10.8. The second kappa shape index (κ2) is 5.65. The lowest BCUT2D eigenvalue weighted by Gasteiger charge is -2.09. The van der Waals surface area contributed by atoms with Gasteiger partial charge in [-0.05, 0) is 6.07 Å². The van der Waals surface area contributed by atoms with Crippen LogP contribution < -0.4 is 5.32 Å². The fraction of sp³-hybridized carbons (Fsp3) is 0.300. The molecule has 0 bridgehead atoms. The predicted octanol–water partition coefficient (Wildman–Crippen LogP) is 0.749. The Morgan fingerprint density at radius 2 is 2.11 bits per heavy atom. The number of nitro groups is 1. The third kappa shape index (κ3) is 4.21. The summed E-state index contributed by atoms with van der Waals surface area (Å²) in [5, 5.41) is 22.3. The molecule has 0 heterocycles. The van der Waals surface area contributed by atoms with Crippen LogP contribution in [0.15, 0.2) is 18.2 Å². The fourth-order valence-corrected chi connectivity index (χ4v) is 1.89. The molecule has 0 aromatic heterocycles. The molecule has 0 aliphatic carbocycles. The third-order valence-electron chi connectivity index (χ3n) is 2.24. The van der Waals surface area contributed by atoms with Crippen LogP contribution in [-0.4, -0.2) is 43.0 Å². The average Bonchev–Trinajstić information content (AvgIpc) is 2.26. The highest BCUT2D eigenvalue weighted by atomic mass is 32.2. The molecule has 0 amide bonds. The Labute approximate surface area is 109 Å². The number of carboxylic acid groups (broad SMARTS) is 1. The van der Waals surface area contributed by atoms with Gasteiger partial charge in [0.25, 0.3) is 5.69 Å². The summed E-state index contributed by atoms with van der Waals surface area (Å²) in [6, 6.07) is 3.61. The van der Waals surface area contributed by atoms with Crippen LogP contribution in [0.5, 0.6) is 0 Å². The summed E-state index contributed by atoms with van der Waals surface area (Å²) >= 11 is 0. The van der Waals surface area contributed by atoms with E-state index in [-0.39, 0.29) is 23.5 Å². The Hall–Kier alpha value is -2.16. The van der Waals surface area contributed by atoms with Gasteiger partial charge < -0.3 is 10.4 Å². The molecule has 0 saturated heterocycles. The van der Waals surface area contributed by atoms with E-state index in [2.05, 4.69) is 5.32 Å². The SMILES string of the molecule is CS(=O)(=O)CCNc1c(C(=O)O)cccc1[N+](=O)[O-]. The van der Waals surface area contributed by atoms with Crippen molar-refractivity contribution in [3.63, 3.8) is 0 Å². The van der Waals surface area contributed by atoms with Crippen LogP contribution >= 0.6 is 0 Å². The highest BCUT2D eigenvalue weighted by Crippen LogP contribution is 2.28. The average molecular weight is 288 g/mol. The number of carboxylic acids is 1. The summed E-state index contributed by atoms with van der Waals surface area (Å²) in [6.07, 6.45) is 1.02. The van der Waals surface area contributed by atoms with Gasteiger partial charge in [-0.1, -0.05) is 6.07 Å². The van der Waals surface area contributed by atoms with E-state index >= 15 is 0 Å². The van der Waals surface area contributed by atoms with Crippen LogP contribution in [0.2, 0.25) is 0 Å². The van der Waals surface area contributed by atoms with Crippen molar-refractivity contribution in [2.45, 2.75) is 0 Å². The monoisotopic (exact) mass is 288 g/mol. The van der Waals surface area contributed by atoms with Crippen molar-refractivity contribution < 1.29 is 23.2 Å². The molecule has 19 heavy (non-hydrogen) atoms. The zero-order valence-electron chi connectivity index (χ0n) is 9.99. The number of nitrogens with zero attached hydrogens (tertiary/aromatic N) is 1. The van der Waals surface area contributed by atoms with E-state index in [1.807, 2.05) is 0 Å². The molecule has 0 aliphatic heterocycles. The minimum Gasteiger partial charge on any atom is -0.478 e. The number of sulfone groups is 1. The van der Waals surface area contributed by atoms with Crippen molar-refractivity contribution in [3.8, 4) is 0 Å². The summed E-state index contributed by atoms with van der Waals surface area (Å²) < 4.78 is 21.9. The Balaban J connectivity index is 3.08. The van der Waals surface area contributed by atoms with Crippen molar-refractivity contribution in [1.82, 2.24) is 0 Å². The molecule has 0 atom stereocenters. The molecule has 1 aromatic carbocycles. The topological polar surface area (TPSA) is 127 Å². The molecule has 1 rings (SSSR count). The predicted molar refractivity (Wildman–Crippen MR) is 68.3 cm³/mol. The molecule has 2 N–H and O–H groups in total. The highest BCUT2D eigenvalue weighted by molar-refractivity contribution is 7.90. The maximum Gasteiger partial charge on any atom is 0.338 e. The van der Waals surface area contributed by atoms with Gasteiger partial charge in [-0.3, -0.25) is 10.1 Å². The first kappa shape index (κ1) is 14.9. The van der Waals surface area contributed by atoms with Gasteiger partial charge in [-0.15, -0.1) is 0 Å². The molecule has 104 valence electrons. The smallest absolute Gasteiger partial charge is 0.338 e. The van der Waals surface area contributed by atoms with Gasteiger partial charge in [0.1, 0.15) is 15.5 Å². The minimum absolute atomic E-state index is 0.107. The normalized spacial score (nSPS) is 11.0. The van der Waals surface area contributed by atoms with E-state index in [0.29, 0.717) is 0 Å². The van der Waals surface area contributed by atoms with E-state index in [1.165, 1.54) is 12.1 Å². The number of anilines is 1. The minimum atomic E-state index is -3.24. The quantitative estimate of drug-likeness (QED) is 0.584. The number of carbonyl (C=O) groups is 1. The van der Waals surface area contributed by atoms with Crippen LogP contribution in [0.4, 0.5) is 11.4 Å². The van der Waals surface area contributed by atoms with Gasteiger partial charge in [0.15, 0.2) is 0 Å². The first-order valence-electron chi connectivity index (χ1n) is 5.14. The van der Waals surface area contributed by atoms with Gasteiger partial charge in [0.05, 0.1) is 16.2 Å². The number of hydrogen-bond acceptors (Lipinski definition) is 6. The molecular weight excluding hydrogens is 276 g/mol. The van der Waals surface area contributed by atoms with Gasteiger partial charge in [0.2, 0.25) is 0 Å². The first-order valence-corrected chi connectivity index (χ1v) is 7.20. The Bertz CT molecular complexity index is 578. The molecule has 0 fully saturated rings. The standard InChI is InChI=1S/C10H12N2O6S/c1-19(17,18)6-5-11-9-7(10(13)14)3-2-4-8(9)12(15)16/h2-4,11H,5-6H2,1H3,(H,13,14). The first-order chi connectivity index (χ1) is 8.72. The van der Waals surface area contributed by atoms with Crippen LogP contribution in [0.25, 0.3) is 0 Å².